The number of carbonyl (C=O) groups is 1. The summed E-state index contributed by atoms with van der Waals surface area (Å²) in [5, 5.41) is 0.480. The molecule has 4 atom stereocenters. The van der Waals surface area contributed by atoms with Crippen LogP contribution in [0.15, 0.2) is 18.2 Å². The van der Waals surface area contributed by atoms with E-state index in [9.17, 15) is 4.79 Å². The molecule has 2 N–H and O–H groups in total. The fraction of sp³-hybridized carbons (Fsp3) is 0.806. The molecule has 3 aliphatic heterocycles. The lowest BCUT2D eigenvalue weighted by molar-refractivity contribution is -0.144. The van der Waals surface area contributed by atoms with E-state index < -0.39 is 0 Å². The van der Waals surface area contributed by atoms with Gasteiger partial charge in [0.2, 0.25) is 6.79 Å². The summed E-state index contributed by atoms with van der Waals surface area (Å²) in [7, 11) is 0. The van der Waals surface area contributed by atoms with Crippen molar-refractivity contribution in [2.45, 2.75) is 139 Å². The van der Waals surface area contributed by atoms with Gasteiger partial charge >= 0.3 is 0 Å². The summed E-state index contributed by atoms with van der Waals surface area (Å²) in [5.41, 5.74) is 6.95. The van der Waals surface area contributed by atoms with Crippen molar-refractivity contribution < 1.29 is 19.0 Å². The summed E-state index contributed by atoms with van der Waals surface area (Å²) >= 11 is 2.14. The van der Waals surface area contributed by atoms with E-state index in [0.717, 1.165) is 24.1 Å². The lowest BCUT2D eigenvalue weighted by atomic mass is 9.69. The zero-order valence-electron chi connectivity index (χ0n) is 27.3. The highest BCUT2D eigenvalue weighted by molar-refractivity contribution is 8.00. The quantitative estimate of drug-likeness (QED) is 0.310. The summed E-state index contributed by atoms with van der Waals surface area (Å²) in [6, 6.07) is 5.93. The Balaban J connectivity index is 1.24. The van der Waals surface area contributed by atoms with Gasteiger partial charge in [-0.25, -0.2) is 0 Å². The first kappa shape index (κ1) is 32.3. The van der Waals surface area contributed by atoms with Gasteiger partial charge in [-0.2, -0.15) is 11.8 Å². The lowest BCUT2D eigenvalue weighted by Gasteiger charge is -2.52. The van der Waals surface area contributed by atoms with Gasteiger partial charge in [-0.15, -0.1) is 0 Å². The van der Waals surface area contributed by atoms with Crippen molar-refractivity contribution in [3.8, 4) is 17.2 Å². The van der Waals surface area contributed by atoms with Crippen molar-refractivity contribution in [2.75, 3.05) is 25.7 Å². The number of amides is 1. The minimum Gasteiger partial charge on any atom is -0.484 e. The summed E-state index contributed by atoms with van der Waals surface area (Å²) < 4.78 is 17.3. The summed E-state index contributed by atoms with van der Waals surface area (Å²) in [6.45, 7) is 5.69. The third kappa shape index (κ3) is 7.17. The third-order valence-corrected chi connectivity index (χ3v) is 13.1. The Hall–Kier alpha value is -1.64. The van der Waals surface area contributed by atoms with E-state index >= 15 is 0 Å². The lowest BCUT2D eigenvalue weighted by Crippen LogP contribution is -2.68. The molecule has 0 radical (unpaired) electrons. The van der Waals surface area contributed by atoms with Gasteiger partial charge in [0, 0.05) is 29.9 Å². The number of fused-ring (bicyclic) bond motifs is 1. The first-order chi connectivity index (χ1) is 21.6. The molecule has 2 aliphatic carbocycles. The Kier molecular flexibility index (Phi) is 11.2. The standard InChI is InChI=1S/C36H57N3O4S/c1-26-36(27(2)38-37-26,30-16-12-8-3-4-9-13-17-30)39(35(40)23-41-31-18-19-33-34(21-31)43-25-42-33)22-32-20-29(24-44-32)28-14-10-6-5-7-11-15-28/h18-19,21,26-30,32,37-38H,3-17,20,22-25H2,1-2H3. The average Bonchev–Trinajstić information content (AvgIpc) is 3.75. The smallest absolute Gasteiger partial charge is 0.261 e. The van der Waals surface area contributed by atoms with E-state index in [0.29, 0.717) is 22.7 Å². The second-order valence-electron chi connectivity index (χ2n) is 14.4. The molecule has 1 amide bonds. The molecular formula is C36H57N3O4S. The van der Waals surface area contributed by atoms with Gasteiger partial charge < -0.3 is 19.1 Å². The maximum atomic E-state index is 14.6. The van der Waals surface area contributed by atoms with Crippen LogP contribution in [0.4, 0.5) is 0 Å². The van der Waals surface area contributed by atoms with Gasteiger partial charge in [0.15, 0.2) is 18.1 Å². The van der Waals surface area contributed by atoms with Crippen LogP contribution >= 0.6 is 11.8 Å². The topological polar surface area (TPSA) is 72.1 Å². The molecule has 44 heavy (non-hydrogen) atoms. The van der Waals surface area contributed by atoms with E-state index in [1.165, 1.54) is 108 Å². The molecule has 5 aliphatic rings. The van der Waals surface area contributed by atoms with Crippen LogP contribution < -0.4 is 25.1 Å². The van der Waals surface area contributed by atoms with Gasteiger partial charge in [-0.1, -0.05) is 83.5 Å². The predicted octanol–water partition coefficient (Wildman–Crippen LogP) is 7.48. The van der Waals surface area contributed by atoms with Gasteiger partial charge in [0.05, 0.1) is 5.54 Å². The van der Waals surface area contributed by atoms with E-state index in [2.05, 4.69) is 41.4 Å². The highest BCUT2D eigenvalue weighted by Crippen LogP contribution is 2.46. The number of hydrazine groups is 1. The van der Waals surface area contributed by atoms with Crippen LogP contribution in [0.25, 0.3) is 0 Å². The molecule has 7 nitrogen and oxygen atoms in total. The van der Waals surface area contributed by atoms with Crippen LogP contribution in [0, 0.1) is 17.8 Å². The van der Waals surface area contributed by atoms with Gasteiger partial charge in [0.25, 0.3) is 5.91 Å². The average molecular weight is 628 g/mol. The number of benzene rings is 1. The van der Waals surface area contributed by atoms with Crippen molar-refractivity contribution in [2.24, 2.45) is 17.8 Å². The minimum absolute atomic E-state index is 0.0387. The summed E-state index contributed by atoms with van der Waals surface area (Å²) in [6.07, 6.45) is 21.3. The fourth-order valence-electron chi connectivity index (χ4n) is 9.36. The largest absolute Gasteiger partial charge is 0.484 e. The monoisotopic (exact) mass is 627 g/mol. The third-order valence-electron chi connectivity index (χ3n) is 11.7. The van der Waals surface area contributed by atoms with Crippen molar-refractivity contribution in [3.05, 3.63) is 18.2 Å². The van der Waals surface area contributed by atoms with Crippen molar-refractivity contribution in [1.82, 2.24) is 15.8 Å². The molecule has 2 saturated heterocycles. The zero-order chi connectivity index (χ0) is 30.4. The maximum absolute atomic E-state index is 14.6. The first-order valence-electron chi connectivity index (χ1n) is 18.0. The number of thioether (sulfide) groups is 1. The molecule has 0 bridgehead atoms. The SMILES string of the molecule is CC1NNC(C)C1(C1CCCCCCCC1)N(CC1CC(C2CCCCCCC2)CS1)C(=O)COc1ccc2c(c1)OCO2. The fourth-order valence-corrected chi connectivity index (χ4v) is 10.9. The Labute approximate surface area is 270 Å². The number of nitrogens with one attached hydrogen (secondary N) is 2. The Morgan fingerprint density at radius 2 is 1.48 bits per heavy atom. The normalized spacial score (nSPS) is 32.3. The second-order valence-corrected chi connectivity index (χ2v) is 15.7. The summed E-state index contributed by atoms with van der Waals surface area (Å²) in [4.78, 5) is 17.0. The molecule has 4 unspecified atom stereocenters. The zero-order valence-corrected chi connectivity index (χ0v) is 28.1. The first-order valence-corrected chi connectivity index (χ1v) is 19.1. The Bertz CT molecular complexity index is 1060. The highest BCUT2D eigenvalue weighted by atomic mass is 32.2. The van der Waals surface area contributed by atoms with Crippen LogP contribution in [0.5, 0.6) is 17.2 Å². The van der Waals surface area contributed by atoms with E-state index in [1.807, 2.05) is 18.2 Å². The molecule has 3 heterocycles. The molecule has 6 rings (SSSR count). The van der Waals surface area contributed by atoms with Gasteiger partial charge in [-0.3, -0.25) is 15.6 Å². The van der Waals surface area contributed by atoms with Crippen LogP contribution in [0.2, 0.25) is 0 Å². The molecule has 246 valence electrons. The Morgan fingerprint density at radius 3 is 2.16 bits per heavy atom. The molecular weight excluding hydrogens is 570 g/mol. The van der Waals surface area contributed by atoms with Crippen LogP contribution in [-0.4, -0.2) is 59.4 Å². The van der Waals surface area contributed by atoms with Crippen molar-refractivity contribution >= 4 is 17.7 Å². The minimum atomic E-state index is -0.293. The van der Waals surface area contributed by atoms with Crippen LogP contribution in [0.3, 0.4) is 0 Å². The summed E-state index contributed by atoms with van der Waals surface area (Å²) in [5.74, 6) is 5.54. The molecule has 0 aromatic heterocycles. The molecule has 4 fully saturated rings. The number of ether oxygens (including phenoxy) is 3. The second kappa shape index (κ2) is 15.3. The molecule has 1 aromatic rings. The van der Waals surface area contributed by atoms with Crippen LogP contribution in [0.1, 0.15) is 117 Å². The molecule has 8 heteroatoms. The van der Waals surface area contributed by atoms with E-state index in [4.69, 9.17) is 14.2 Å². The number of hydrogen-bond donors (Lipinski definition) is 2. The molecule has 1 aromatic carbocycles. The maximum Gasteiger partial charge on any atom is 0.261 e. The Morgan fingerprint density at radius 1 is 0.864 bits per heavy atom. The van der Waals surface area contributed by atoms with Crippen molar-refractivity contribution in [3.63, 3.8) is 0 Å². The van der Waals surface area contributed by atoms with Crippen molar-refractivity contribution in [1.29, 1.82) is 0 Å². The van der Waals surface area contributed by atoms with Gasteiger partial charge in [-0.05, 0) is 68.7 Å². The van der Waals surface area contributed by atoms with Gasteiger partial charge in [0.1, 0.15) is 5.75 Å². The number of carbonyl (C=O) groups excluding carboxylic acids is 1. The number of hydrogen-bond acceptors (Lipinski definition) is 7. The van der Waals surface area contributed by atoms with Crippen LogP contribution in [-0.2, 0) is 4.79 Å². The predicted molar refractivity (Wildman–Crippen MR) is 178 cm³/mol. The van der Waals surface area contributed by atoms with E-state index in [1.54, 1.807) is 0 Å². The molecule has 0 spiro atoms. The number of nitrogens with zero attached hydrogens (tertiary/aromatic N) is 1. The van der Waals surface area contributed by atoms with E-state index in [-0.39, 0.29) is 36.9 Å². The highest BCUT2D eigenvalue weighted by Gasteiger charge is 2.57. The molecule has 2 saturated carbocycles. The number of rotatable bonds is 8.